The highest BCUT2D eigenvalue weighted by Crippen LogP contribution is 2.19. The molecule has 1 N–H and O–H groups in total. The summed E-state index contributed by atoms with van der Waals surface area (Å²) in [5.74, 6) is 0. The van der Waals surface area contributed by atoms with Gasteiger partial charge in [-0.1, -0.05) is 42.8 Å². The third kappa shape index (κ3) is 4.17. The molecule has 1 unspecified atom stereocenters. The number of rotatable bonds is 6. The second-order valence-electron chi connectivity index (χ2n) is 5.37. The summed E-state index contributed by atoms with van der Waals surface area (Å²) in [4.78, 5) is 4.41. The van der Waals surface area contributed by atoms with Gasteiger partial charge in [-0.05, 0) is 50.4 Å². The molecule has 0 aliphatic heterocycles. The van der Waals surface area contributed by atoms with Gasteiger partial charge in [-0.15, -0.1) is 0 Å². The maximum atomic E-state index is 4.41. The standard InChI is InChI=1S/C18H24N2/c1-4-19-18(17-11-7-15(3)20-13-17)12-10-16-8-5-14(2)6-9-16/h5-9,11,13,18-19H,4,10,12H2,1-3H3. The lowest BCUT2D eigenvalue weighted by Crippen LogP contribution is -2.21. The maximum absolute atomic E-state index is 4.41. The quantitative estimate of drug-likeness (QED) is 0.857. The lowest BCUT2D eigenvalue weighted by molar-refractivity contribution is 0.514. The van der Waals surface area contributed by atoms with E-state index in [4.69, 9.17) is 0 Å². The van der Waals surface area contributed by atoms with E-state index in [0.29, 0.717) is 6.04 Å². The van der Waals surface area contributed by atoms with Crippen LogP contribution in [0.3, 0.4) is 0 Å². The third-order valence-electron chi connectivity index (χ3n) is 3.63. The summed E-state index contributed by atoms with van der Waals surface area (Å²) in [7, 11) is 0. The first-order chi connectivity index (χ1) is 9.69. The molecule has 106 valence electrons. The molecule has 0 fully saturated rings. The first-order valence-electron chi connectivity index (χ1n) is 7.40. The van der Waals surface area contributed by atoms with Crippen LogP contribution in [0.4, 0.5) is 0 Å². The Kier molecular flexibility index (Phi) is 5.31. The van der Waals surface area contributed by atoms with E-state index < -0.39 is 0 Å². The van der Waals surface area contributed by atoms with Crippen molar-refractivity contribution < 1.29 is 0 Å². The third-order valence-corrected chi connectivity index (χ3v) is 3.63. The summed E-state index contributed by atoms with van der Waals surface area (Å²) in [6.45, 7) is 7.29. The van der Waals surface area contributed by atoms with E-state index in [1.165, 1.54) is 16.7 Å². The topological polar surface area (TPSA) is 24.9 Å². The van der Waals surface area contributed by atoms with Gasteiger partial charge in [-0.2, -0.15) is 0 Å². The SMILES string of the molecule is CCNC(CCc1ccc(C)cc1)c1ccc(C)nc1. The molecule has 20 heavy (non-hydrogen) atoms. The van der Waals surface area contributed by atoms with E-state index in [2.05, 4.69) is 60.5 Å². The van der Waals surface area contributed by atoms with Gasteiger partial charge >= 0.3 is 0 Å². The summed E-state index contributed by atoms with van der Waals surface area (Å²) >= 11 is 0. The molecule has 2 aromatic rings. The highest BCUT2D eigenvalue weighted by molar-refractivity contribution is 5.22. The van der Waals surface area contributed by atoms with Gasteiger partial charge in [0.2, 0.25) is 0 Å². The minimum absolute atomic E-state index is 0.384. The fourth-order valence-electron chi connectivity index (χ4n) is 2.38. The number of nitrogens with one attached hydrogen (secondary N) is 1. The van der Waals surface area contributed by atoms with Crippen LogP contribution in [0.2, 0.25) is 0 Å². The van der Waals surface area contributed by atoms with Crippen molar-refractivity contribution in [3.63, 3.8) is 0 Å². The Hall–Kier alpha value is -1.67. The molecule has 0 saturated carbocycles. The normalized spacial score (nSPS) is 12.3. The minimum Gasteiger partial charge on any atom is -0.310 e. The number of hydrogen-bond donors (Lipinski definition) is 1. The van der Waals surface area contributed by atoms with Gasteiger partial charge < -0.3 is 5.32 Å². The van der Waals surface area contributed by atoms with Crippen molar-refractivity contribution in [3.8, 4) is 0 Å². The second-order valence-corrected chi connectivity index (χ2v) is 5.37. The molecule has 2 rings (SSSR count). The van der Waals surface area contributed by atoms with Crippen molar-refractivity contribution in [2.24, 2.45) is 0 Å². The Balaban J connectivity index is 2.02. The zero-order chi connectivity index (χ0) is 14.4. The number of aromatic nitrogens is 1. The van der Waals surface area contributed by atoms with Crippen LogP contribution in [0.5, 0.6) is 0 Å². The first-order valence-corrected chi connectivity index (χ1v) is 7.40. The van der Waals surface area contributed by atoms with E-state index >= 15 is 0 Å². The predicted octanol–water partition coefficient (Wildman–Crippen LogP) is 3.98. The molecule has 0 radical (unpaired) electrons. The molecule has 1 aromatic carbocycles. The lowest BCUT2D eigenvalue weighted by Gasteiger charge is -2.18. The number of benzene rings is 1. The molecule has 0 bridgehead atoms. The van der Waals surface area contributed by atoms with Crippen LogP contribution < -0.4 is 5.32 Å². The highest BCUT2D eigenvalue weighted by Gasteiger charge is 2.10. The van der Waals surface area contributed by atoms with E-state index in [0.717, 1.165) is 25.1 Å². The van der Waals surface area contributed by atoms with Crippen molar-refractivity contribution in [1.82, 2.24) is 10.3 Å². The second kappa shape index (κ2) is 7.20. The number of aryl methyl sites for hydroxylation is 3. The summed E-state index contributed by atoms with van der Waals surface area (Å²) in [6, 6.07) is 13.5. The van der Waals surface area contributed by atoms with Crippen molar-refractivity contribution in [2.45, 2.75) is 39.7 Å². The van der Waals surface area contributed by atoms with Gasteiger partial charge in [0.25, 0.3) is 0 Å². The molecule has 0 aliphatic rings. The molecule has 0 aliphatic carbocycles. The largest absolute Gasteiger partial charge is 0.310 e. The van der Waals surface area contributed by atoms with Crippen LogP contribution in [-0.4, -0.2) is 11.5 Å². The summed E-state index contributed by atoms with van der Waals surface area (Å²) < 4.78 is 0. The molecule has 0 amide bonds. The average Bonchev–Trinajstić information content (AvgIpc) is 2.46. The Morgan fingerprint density at radius 1 is 1.05 bits per heavy atom. The monoisotopic (exact) mass is 268 g/mol. The zero-order valence-corrected chi connectivity index (χ0v) is 12.7. The van der Waals surface area contributed by atoms with Gasteiger partial charge in [-0.3, -0.25) is 4.98 Å². The Bertz CT molecular complexity index is 514. The van der Waals surface area contributed by atoms with Gasteiger partial charge in [0.1, 0.15) is 0 Å². The number of hydrogen-bond acceptors (Lipinski definition) is 2. The molecular formula is C18H24N2. The van der Waals surface area contributed by atoms with E-state index in [-0.39, 0.29) is 0 Å². The summed E-state index contributed by atoms with van der Waals surface area (Å²) in [5.41, 5.74) is 5.07. The molecule has 2 nitrogen and oxygen atoms in total. The van der Waals surface area contributed by atoms with Crippen molar-refractivity contribution in [3.05, 3.63) is 65.0 Å². The molecule has 1 aromatic heterocycles. The van der Waals surface area contributed by atoms with Gasteiger partial charge in [0.15, 0.2) is 0 Å². The molecule has 1 atom stereocenters. The molecule has 0 spiro atoms. The van der Waals surface area contributed by atoms with Crippen LogP contribution >= 0.6 is 0 Å². The summed E-state index contributed by atoms with van der Waals surface area (Å²) in [5, 5.41) is 3.56. The van der Waals surface area contributed by atoms with Crippen molar-refractivity contribution in [2.75, 3.05) is 6.54 Å². The lowest BCUT2D eigenvalue weighted by atomic mass is 9.99. The van der Waals surface area contributed by atoms with Crippen LogP contribution in [0.25, 0.3) is 0 Å². The van der Waals surface area contributed by atoms with Crippen molar-refractivity contribution >= 4 is 0 Å². The van der Waals surface area contributed by atoms with Crippen LogP contribution in [-0.2, 0) is 6.42 Å². The Morgan fingerprint density at radius 2 is 1.80 bits per heavy atom. The fourth-order valence-corrected chi connectivity index (χ4v) is 2.38. The van der Waals surface area contributed by atoms with Gasteiger partial charge in [0.05, 0.1) is 0 Å². The molecule has 0 saturated heterocycles. The van der Waals surface area contributed by atoms with E-state index in [9.17, 15) is 0 Å². The smallest absolute Gasteiger partial charge is 0.0372 e. The highest BCUT2D eigenvalue weighted by atomic mass is 14.9. The summed E-state index contributed by atoms with van der Waals surface area (Å²) in [6.07, 6.45) is 4.19. The zero-order valence-electron chi connectivity index (χ0n) is 12.7. The van der Waals surface area contributed by atoms with Crippen LogP contribution in [0.15, 0.2) is 42.6 Å². The van der Waals surface area contributed by atoms with E-state index in [1.54, 1.807) is 0 Å². The van der Waals surface area contributed by atoms with Crippen molar-refractivity contribution in [1.29, 1.82) is 0 Å². The van der Waals surface area contributed by atoms with Crippen LogP contribution in [0.1, 0.15) is 41.8 Å². The molecular weight excluding hydrogens is 244 g/mol. The van der Waals surface area contributed by atoms with E-state index in [1.807, 2.05) is 13.1 Å². The number of pyridine rings is 1. The maximum Gasteiger partial charge on any atom is 0.0372 e. The minimum atomic E-state index is 0.384. The molecule has 1 heterocycles. The first kappa shape index (κ1) is 14.7. The predicted molar refractivity (Wildman–Crippen MR) is 84.9 cm³/mol. The van der Waals surface area contributed by atoms with Gasteiger partial charge in [0, 0.05) is 17.9 Å². The Morgan fingerprint density at radius 3 is 2.40 bits per heavy atom. The molecule has 2 heteroatoms. The fraction of sp³-hybridized carbons (Fsp3) is 0.389. The number of nitrogens with zero attached hydrogens (tertiary/aromatic N) is 1. The average molecular weight is 268 g/mol. The van der Waals surface area contributed by atoms with Gasteiger partial charge in [-0.25, -0.2) is 0 Å². The Labute approximate surface area is 122 Å². The van der Waals surface area contributed by atoms with Crippen LogP contribution in [0, 0.1) is 13.8 Å².